The second kappa shape index (κ2) is 6.22. The van der Waals surface area contributed by atoms with Crippen LogP contribution in [0.1, 0.15) is 17.4 Å². The summed E-state index contributed by atoms with van der Waals surface area (Å²) in [6.07, 6.45) is 0.971. The van der Waals surface area contributed by atoms with Gasteiger partial charge in [-0.1, -0.05) is 18.2 Å². The molecule has 2 heterocycles. The van der Waals surface area contributed by atoms with Crippen LogP contribution >= 0.6 is 11.3 Å². The first-order chi connectivity index (χ1) is 9.74. The smallest absolute Gasteiger partial charge is 0.0594 e. The van der Waals surface area contributed by atoms with Gasteiger partial charge in [0.15, 0.2) is 0 Å². The molecule has 1 saturated heterocycles. The Morgan fingerprint density at radius 2 is 2.05 bits per heavy atom. The van der Waals surface area contributed by atoms with Crippen LogP contribution in [0, 0.1) is 0 Å². The average Bonchev–Trinajstić information content (AvgIpc) is 2.77. The van der Waals surface area contributed by atoms with E-state index in [0.717, 1.165) is 39.3 Å². The molecule has 0 spiro atoms. The fraction of sp³-hybridized carbons (Fsp3) is 0.500. The second-order valence-electron chi connectivity index (χ2n) is 5.57. The third kappa shape index (κ3) is 3.04. The number of benzene rings is 1. The number of ether oxygens (including phenoxy) is 1. The van der Waals surface area contributed by atoms with Gasteiger partial charge >= 0.3 is 0 Å². The van der Waals surface area contributed by atoms with Crippen LogP contribution in [0.3, 0.4) is 0 Å². The molecule has 4 heteroatoms. The number of nitrogens with zero attached hydrogens (tertiary/aromatic N) is 1. The quantitative estimate of drug-likeness (QED) is 0.941. The molecular formula is C16H22N2OS. The molecule has 3 nitrogen and oxygen atoms in total. The van der Waals surface area contributed by atoms with E-state index in [4.69, 9.17) is 10.5 Å². The van der Waals surface area contributed by atoms with Gasteiger partial charge in [0, 0.05) is 35.3 Å². The number of nitrogens with two attached hydrogens (primary N) is 1. The van der Waals surface area contributed by atoms with E-state index in [1.165, 1.54) is 20.5 Å². The predicted molar refractivity (Wildman–Crippen MR) is 85.3 cm³/mol. The highest BCUT2D eigenvalue weighted by molar-refractivity contribution is 7.19. The van der Waals surface area contributed by atoms with Crippen molar-refractivity contribution >= 4 is 21.4 Å². The first-order valence-corrected chi connectivity index (χ1v) is 8.10. The van der Waals surface area contributed by atoms with E-state index < -0.39 is 0 Å². The van der Waals surface area contributed by atoms with Crippen LogP contribution in [-0.2, 0) is 17.7 Å². The fourth-order valence-electron chi connectivity index (χ4n) is 2.76. The van der Waals surface area contributed by atoms with Gasteiger partial charge in [0.25, 0.3) is 0 Å². The van der Waals surface area contributed by atoms with Crippen molar-refractivity contribution in [3.05, 3.63) is 34.7 Å². The lowest BCUT2D eigenvalue weighted by Gasteiger charge is -2.27. The monoisotopic (exact) mass is 290 g/mol. The lowest BCUT2D eigenvalue weighted by atomic mass is 10.1. The van der Waals surface area contributed by atoms with Gasteiger partial charge in [-0.05, 0) is 30.4 Å². The molecule has 2 aromatic rings. The van der Waals surface area contributed by atoms with E-state index in [1.54, 1.807) is 0 Å². The molecule has 20 heavy (non-hydrogen) atoms. The summed E-state index contributed by atoms with van der Waals surface area (Å²) < 4.78 is 6.82. The van der Waals surface area contributed by atoms with Crippen LogP contribution in [0.4, 0.5) is 0 Å². The maximum atomic E-state index is 6.02. The largest absolute Gasteiger partial charge is 0.379 e. The number of rotatable bonds is 4. The van der Waals surface area contributed by atoms with Crippen molar-refractivity contribution in [2.24, 2.45) is 5.73 Å². The van der Waals surface area contributed by atoms with Crippen LogP contribution in [0.15, 0.2) is 24.3 Å². The number of morpholine rings is 1. The summed E-state index contributed by atoms with van der Waals surface area (Å²) in [5.41, 5.74) is 7.50. The van der Waals surface area contributed by atoms with Crippen molar-refractivity contribution in [3.8, 4) is 0 Å². The van der Waals surface area contributed by atoms with Crippen molar-refractivity contribution in [2.75, 3.05) is 26.3 Å². The zero-order valence-electron chi connectivity index (χ0n) is 12.0. The molecule has 1 aliphatic heterocycles. The zero-order valence-corrected chi connectivity index (χ0v) is 12.8. The Hall–Kier alpha value is -0.940. The molecule has 1 unspecified atom stereocenters. The highest BCUT2D eigenvalue weighted by Gasteiger charge is 2.17. The molecule has 1 aromatic heterocycles. The summed E-state index contributed by atoms with van der Waals surface area (Å²) in [6.45, 7) is 6.87. The molecule has 1 fully saturated rings. The van der Waals surface area contributed by atoms with E-state index >= 15 is 0 Å². The molecule has 0 radical (unpaired) electrons. The fourth-order valence-corrected chi connectivity index (χ4v) is 4.12. The van der Waals surface area contributed by atoms with Gasteiger partial charge in [-0.15, -0.1) is 11.3 Å². The van der Waals surface area contributed by atoms with Gasteiger partial charge in [-0.3, -0.25) is 4.90 Å². The number of fused-ring (bicyclic) bond motifs is 1. The van der Waals surface area contributed by atoms with Crippen molar-refractivity contribution in [1.29, 1.82) is 0 Å². The van der Waals surface area contributed by atoms with Gasteiger partial charge in [0.1, 0.15) is 0 Å². The average molecular weight is 290 g/mol. The highest BCUT2D eigenvalue weighted by atomic mass is 32.1. The minimum Gasteiger partial charge on any atom is -0.379 e. The molecule has 0 amide bonds. The van der Waals surface area contributed by atoms with Gasteiger partial charge in [-0.2, -0.15) is 0 Å². The zero-order chi connectivity index (χ0) is 13.9. The third-order valence-corrected chi connectivity index (χ3v) is 5.01. The summed E-state index contributed by atoms with van der Waals surface area (Å²) in [5, 5.41) is 1.40. The Morgan fingerprint density at radius 1 is 1.30 bits per heavy atom. The molecule has 1 aliphatic rings. The Bertz CT molecular complexity index is 573. The summed E-state index contributed by atoms with van der Waals surface area (Å²) in [6, 6.07) is 8.92. The third-order valence-electron chi connectivity index (χ3n) is 3.77. The van der Waals surface area contributed by atoms with Crippen LogP contribution in [0.5, 0.6) is 0 Å². The van der Waals surface area contributed by atoms with Gasteiger partial charge in [-0.25, -0.2) is 0 Å². The topological polar surface area (TPSA) is 38.5 Å². The molecule has 1 atom stereocenters. The molecule has 3 rings (SSSR count). The SMILES string of the molecule is CC(N)Cc1sc2ccccc2c1CN1CCOCC1. The van der Waals surface area contributed by atoms with Crippen molar-refractivity contribution in [2.45, 2.75) is 25.9 Å². The van der Waals surface area contributed by atoms with Gasteiger partial charge in [0.05, 0.1) is 13.2 Å². The van der Waals surface area contributed by atoms with E-state index in [9.17, 15) is 0 Å². The first kappa shape index (κ1) is 14.0. The summed E-state index contributed by atoms with van der Waals surface area (Å²) in [7, 11) is 0. The predicted octanol–water partition coefficient (Wildman–Crippen LogP) is 2.62. The second-order valence-corrected chi connectivity index (χ2v) is 6.71. The molecule has 0 aliphatic carbocycles. The molecule has 108 valence electrons. The minimum absolute atomic E-state index is 0.214. The summed E-state index contributed by atoms with van der Waals surface area (Å²) >= 11 is 1.90. The maximum absolute atomic E-state index is 6.02. The molecule has 1 aromatic carbocycles. The number of thiophene rings is 1. The Balaban J connectivity index is 1.92. The summed E-state index contributed by atoms with van der Waals surface area (Å²) in [5.74, 6) is 0. The van der Waals surface area contributed by atoms with E-state index in [2.05, 4.69) is 36.1 Å². The maximum Gasteiger partial charge on any atom is 0.0594 e. The van der Waals surface area contributed by atoms with Gasteiger partial charge in [0.2, 0.25) is 0 Å². The highest BCUT2D eigenvalue weighted by Crippen LogP contribution is 2.33. The lowest BCUT2D eigenvalue weighted by Crippen LogP contribution is -2.35. The van der Waals surface area contributed by atoms with E-state index in [1.807, 2.05) is 11.3 Å². The van der Waals surface area contributed by atoms with Gasteiger partial charge < -0.3 is 10.5 Å². The number of hydrogen-bond donors (Lipinski definition) is 1. The van der Waals surface area contributed by atoms with Crippen LogP contribution in [0.2, 0.25) is 0 Å². The van der Waals surface area contributed by atoms with E-state index in [0.29, 0.717) is 0 Å². The van der Waals surface area contributed by atoms with Crippen LogP contribution in [-0.4, -0.2) is 37.2 Å². The number of hydrogen-bond acceptors (Lipinski definition) is 4. The van der Waals surface area contributed by atoms with Crippen LogP contribution < -0.4 is 5.73 Å². The summed E-state index contributed by atoms with van der Waals surface area (Å²) in [4.78, 5) is 3.94. The Morgan fingerprint density at radius 3 is 2.80 bits per heavy atom. The Labute approximate surface area is 124 Å². The first-order valence-electron chi connectivity index (χ1n) is 7.29. The molecular weight excluding hydrogens is 268 g/mol. The van der Waals surface area contributed by atoms with Crippen molar-refractivity contribution < 1.29 is 4.74 Å². The molecule has 0 bridgehead atoms. The minimum atomic E-state index is 0.214. The normalized spacial score (nSPS) is 18.5. The molecule has 0 saturated carbocycles. The lowest BCUT2D eigenvalue weighted by molar-refractivity contribution is 0.0343. The van der Waals surface area contributed by atoms with Crippen molar-refractivity contribution in [1.82, 2.24) is 4.90 Å². The van der Waals surface area contributed by atoms with Crippen molar-refractivity contribution in [3.63, 3.8) is 0 Å². The Kier molecular flexibility index (Phi) is 4.36. The van der Waals surface area contributed by atoms with Crippen LogP contribution in [0.25, 0.3) is 10.1 Å². The standard InChI is InChI=1S/C16H22N2OS/c1-12(17)10-16-14(11-18-6-8-19-9-7-18)13-4-2-3-5-15(13)20-16/h2-5,12H,6-11,17H2,1H3. The molecule has 2 N–H and O–H groups in total. The van der Waals surface area contributed by atoms with E-state index in [-0.39, 0.29) is 6.04 Å².